The molecule has 27 heavy (non-hydrogen) atoms. The number of nitrogens with one attached hydrogen (secondary N) is 1. The molecule has 0 fully saturated rings. The zero-order chi connectivity index (χ0) is 20.0. The van der Waals surface area contributed by atoms with Crippen molar-refractivity contribution in [2.24, 2.45) is 5.73 Å². The van der Waals surface area contributed by atoms with Gasteiger partial charge in [-0.05, 0) is 35.9 Å². The summed E-state index contributed by atoms with van der Waals surface area (Å²) in [6.07, 6.45) is -2.27. The lowest BCUT2D eigenvalue weighted by Gasteiger charge is -2.09. The average molecular weight is 399 g/mol. The van der Waals surface area contributed by atoms with Gasteiger partial charge in [0.05, 0.1) is 10.6 Å². The standard InChI is InChI=1S/C18H14ClF3N2O3/c19-15-6-4-11(8-14(15)18(20,21)22)5-7-17(26)24-12-2-1-3-13(9-12)27-10-16(23)25/h1-9H,10H2,(H2,23,25)(H,24,26)/b7-5-. The fraction of sp³-hybridized carbons (Fsp3) is 0.111. The Morgan fingerprint density at radius 3 is 2.59 bits per heavy atom. The molecule has 2 aromatic carbocycles. The number of hydrogen-bond acceptors (Lipinski definition) is 3. The summed E-state index contributed by atoms with van der Waals surface area (Å²) in [6, 6.07) is 9.53. The summed E-state index contributed by atoms with van der Waals surface area (Å²) in [6.45, 7) is -0.310. The van der Waals surface area contributed by atoms with Crippen molar-refractivity contribution in [1.82, 2.24) is 0 Å². The molecule has 0 radical (unpaired) electrons. The lowest BCUT2D eigenvalue weighted by atomic mass is 10.1. The van der Waals surface area contributed by atoms with Crippen LogP contribution in [0.3, 0.4) is 0 Å². The number of ether oxygens (including phenoxy) is 1. The number of primary amides is 1. The van der Waals surface area contributed by atoms with Crippen molar-refractivity contribution in [3.8, 4) is 5.75 Å². The Morgan fingerprint density at radius 1 is 1.19 bits per heavy atom. The topological polar surface area (TPSA) is 81.4 Å². The first kappa shape index (κ1) is 20.3. The van der Waals surface area contributed by atoms with Gasteiger partial charge in [-0.3, -0.25) is 9.59 Å². The van der Waals surface area contributed by atoms with Crippen LogP contribution < -0.4 is 15.8 Å². The molecular formula is C18H14ClF3N2O3. The molecule has 5 nitrogen and oxygen atoms in total. The maximum Gasteiger partial charge on any atom is 0.417 e. The summed E-state index contributed by atoms with van der Waals surface area (Å²) in [5.41, 5.74) is 4.54. The molecule has 0 saturated heterocycles. The van der Waals surface area contributed by atoms with Gasteiger partial charge in [-0.15, -0.1) is 0 Å². The van der Waals surface area contributed by atoms with E-state index in [2.05, 4.69) is 5.32 Å². The predicted molar refractivity (Wildman–Crippen MR) is 95.2 cm³/mol. The lowest BCUT2D eigenvalue weighted by molar-refractivity contribution is -0.137. The largest absolute Gasteiger partial charge is 0.484 e. The molecule has 142 valence electrons. The number of alkyl halides is 3. The minimum Gasteiger partial charge on any atom is -0.484 e. The van der Waals surface area contributed by atoms with E-state index in [0.717, 1.165) is 18.2 Å². The van der Waals surface area contributed by atoms with E-state index in [-0.39, 0.29) is 12.2 Å². The monoisotopic (exact) mass is 398 g/mol. The van der Waals surface area contributed by atoms with Crippen LogP contribution in [0.2, 0.25) is 5.02 Å². The van der Waals surface area contributed by atoms with Gasteiger partial charge < -0.3 is 15.8 Å². The molecule has 0 aliphatic carbocycles. The van der Waals surface area contributed by atoms with Gasteiger partial charge in [-0.2, -0.15) is 13.2 Å². The van der Waals surface area contributed by atoms with Crippen molar-refractivity contribution in [2.75, 3.05) is 11.9 Å². The van der Waals surface area contributed by atoms with Crippen LogP contribution in [-0.4, -0.2) is 18.4 Å². The van der Waals surface area contributed by atoms with Crippen LogP contribution in [0.1, 0.15) is 11.1 Å². The van der Waals surface area contributed by atoms with E-state index in [1.54, 1.807) is 18.2 Å². The molecule has 3 N–H and O–H groups in total. The van der Waals surface area contributed by atoms with E-state index < -0.39 is 28.6 Å². The van der Waals surface area contributed by atoms with Crippen molar-refractivity contribution < 1.29 is 27.5 Å². The fourth-order valence-corrected chi connectivity index (χ4v) is 2.26. The number of nitrogens with two attached hydrogens (primary N) is 1. The molecule has 2 aromatic rings. The van der Waals surface area contributed by atoms with Crippen LogP contribution in [0.25, 0.3) is 6.08 Å². The zero-order valence-corrected chi connectivity index (χ0v) is 14.5. The molecule has 0 saturated carbocycles. The van der Waals surface area contributed by atoms with Gasteiger partial charge in [0.15, 0.2) is 6.61 Å². The molecule has 0 heterocycles. The minimum absolute atomic E-state index is 0.167. The van der Waals surface area contributed by atoms with Crippen molar-refractivity contribution in [3.05, 3.63) is 64.7 Å². The zero-order valence-electron chi connectivity index (χ0n) is 13.7. The van der Waals surface area contributed by atoms with E-state index in [1.165, 1.54) is 18.2 Å². The molecule has 0 bridgehead atoms. The second kappa shape index (κ2) is 8.59. The van der Waals surface area contributed by atoms with Gasteiger partial charge in [0.2, 0.25) is 5.91 Å². The molecule has 0 unspecified atom stereocenters. The van der Waals surface area contributed by atoms with Crippen LogP contribution in [0, 0.1) is 0 Å². The summed E-state index contributed by atoms with van der Waals surface area (Å²) < 4.78 is 43.6. The predicted octanol–water partition coefficient (Wildman–Crippen LogP) is 3.87. The first-order valence-corrected chi connectivity index (χ1v) is 7.90. The highest BCUT2D eigenvalue weighted by molar-refractivity contribution is 6.31. The number of rotatable bonds is 6. The van der Waals surface area contributed by atoms with Gasteiger partial charge in [0.1, 0.15) is 5.75 Å². The number of anilines is 1. The third-order valence-electron chi connectivity index (χ3n) is 3.21. The Morgan fingerprint density at radius 2 is 1.93 bits per heavy atom. The van der Waals surface area contributed by atoms with E-state index in [0.29, 0.717) is 11.4 Å². The Labute approximate surface area is 157 Å². The van der Waals surface area contributed by atoms with E-state index in [9.17, 15) is 22.8 Å². The normalized spacial score (nSPS) is 11.4. The fourth-order valence-electron chi connectivity index (χ4n) is 2.04. The van der Waals surface area contributed by atoms with E-state index in [1.807, 2.05) is 0 Å². The van der Waals surface area contributed by atoms with Gasteiger partial charge in [-0.1, -0.05) is 23.7 Å². The summed E-state index contributed by atoms with van der Waals surface area (Å²) in [5.74, 6) is -0.887. The molecule has 2 rings (SSSR count). The summed E-state index contributed by atoms with van der Waals surface area (Å²) in [7, 11) is 0. The summed E-state index contributed by atoms with van der Waals surface area (Å²) in [4.78, 5) is 22.7. The summed E-state index contributed by atoms with van der Waals surface area (Å²) in [5, 5.41) is 2.11. The number of benzene rings is 2. The first-order valence-electron chi connectivity index (χ1n) is 7.52. The number of carbonyl (C=O) groups excluding carboxylic acids is 2. The second-order valence-corrected chi connectivity index (χ2v) is 5.75. The molecule has 2 amide bonds. The lowest BCUT2D eigenvalue weighted by Crippen LogP contribution is -2.20. The van der Waals surface area contributed by atoms with Crippen LogP contribution in [0.4, 0.5) is 18.9 Å². The maximum atomic E-state index is 12.8. The molecule has 0 aliphatic heterocycles. The van der Waals surface area contributed by atoms with Crippen LogP contribution in [0.5, 0.6) is 5.75 Å². The summed E-state index contributed by atoms with van der Waals surface area (Å²) >= 11 is 5.55. The first-order chi connectivity index (χ1) is 12.6. The number of hydrogen-bond donors (Lipinski definition) is 2. The third-order valence-corrected chi connectivity index (χ3v) is 3.54. The van der Waals surface area contributed by atoms with Gasteiger partial charge in [0.25, 0.3) is 5.91 Å². The quantitative estimate of drug-likeness (QED) is 0.725. The van der Waals surface area contributed by atoms with Crippen LogP contribution in [-0.2, 0) is 15.8 Å². The highest BCUT2D eigenvalue weighted by Gasteiger charge is 2.33. The van der Waals surface area contributed by atoms with Crippen molar-refractivity contribution in [1.29, 1.82) is 0 Å². The Hall–Kier alpha value is -3.00. The molecule has 0 atom stereocenters. The van der Waals surface area contributed by atoms with E-state index in [4.69, 9.17) is 22.1 Å². The van der Waals surface area contributed by atoms with Crippen LogP contribution >= 0.6 is 11.6 Å². The number of carbonyl (C=O) groups is 2. The molecule has 0 aliphatic rings. The molecule has 0 aromatic heterocycles. The van der Waals surface area contributed by atoms with Crippen molar-refractivity contribution in [2.45, 2.75) is 6.18 Å². The Balaban J connectivity index is 2.06. The Kier molecular flexibility index (Phi) is 6.46. The number of halogens is 4. The van der Waals surface area contributed by atoms with Gasteiger partial charge >= 0.3 is 6.18 Å². The maximum absolute atomic E-state index is 12.8. The van der Waals surface area contributed by atoms with Gasteiger partial charge in [0, 0.05) is 17.8 Å². The molecule has 9 heteroatoms. The SMILES string of the molecule is NC(=O)COc1cccc(NC(=O)/C=C\c2ccc(Cl)c(C(F)(F)F)c2)c1. The van der Waals surface area contributed by atoms with Crippen molar-refractivity contribution >= 4 is 35.2 Å². The Bertz CT molecular complexity index is 882. The smallest absolute Gasteiger partial charge is 0.417 e. The second-order valence-electron chi connectivity index (χ2n) is 5.34. The van der Waals surface area contributed by atoms with Crippen molar-refractivity contribution in [3.63, 3.8) is 0 Å². The third kappa shape index (κ3) is 6.34. The minimum atomic E-state index is -4.59. The highest BCUT2D eigenvalue weighted by atomic mass is 35.5. The molecular weight excluding hydrogens is 385 g/mol. The van der Waals surface area contributed by atoms with Gasteiger partial charge in [-0.25, -0.2) is 0 Å². The van der Waals surface area contributed by atoms with E-state index >= 15 is 0 Å². The number of amides is 2. The highest BCUT2D eigenvalue weighted by Crippen LogP contribution is 2.35. The van der Waals surface area contributed by atoms with Crippen LogP contribution in [0.15, 0.2) is 48.5 Å². The average Bonchev–Trinajstić information content (AvgIpc) is 2.58. The molecule has 0 spiro atoms.